The van der Waals surface area contributed by atoms with Crippen LogP contribution < -0.4 is 4.72 Å². The molecule has 1 N–H and O–H groups in total. The molecule has 0 bridgehead atoms. The van der Waals surface area contributed by atoms with Crippen LogP contribution in [0.5, 0.6) is 0 Å². The van der Waals surface area contributed by atoms with Crippen molar-refractivity contribution in [1.82, 2.24) is 0 Å². The minimum absolute atomic E-state index is 0.0663. The largest absolute Gasteiger partial charge is 0.416 e. The summed E-state index contributed by atoms with van der Waals surface area (Å²) in [5, 5.41) is 0. The molecule has 2 aromatic rings. The molecule has 0 aliphatic carbocycles. The lowest BCUT2D eigenvalue weighted by Gasteiger charge is -2.15. The molecule has 25 heavy (non-hydrogen) atoms. The van der Waals surface area contributed by atoms with E-state index in [1.165, 1.54) is 0 Å². The molecule has 2 aromatic carbocycles. The van der Waals surface area contributed by atoms with Crippen LogP contribution >= 0.6 is 0 Å². The number of anilines is 1. The summed E-state index contributed by atoms with van der Waals surface area (Å²) in [6, 6.07) is 3.83. The van der Waals surface area contributed by atoms with Crippen molar-refractivity contribution in [2.75, 3.05) is 4.72 Å². The smallest absolute Gasteiger partial charge is 0.280 e. The molecule has 0 saturated carbocycles. The predicted molar refractivity (Wildman–Crippen MR) is 73.7 cm³/mol. The van der Waals surface area contributed by atoms with Gasteiger partial charge in [0.1, 0.15) is 5.82 Å². The maximum Gasteiger partial charge on any atom is 0.416 e. The summed E-state index contributed by atoms with van der Waals surface area (Å²) < 4.78 is 116. The number of benzene rings is 2. The predicted octanol–water partition coefficient (Wildman–Crippen LogP) is 4.66. The Morgan fingerprint density at radius 1 is 0.800 bits per heavy atom. The van der Waals surface area contributed by atoms with Gasteiger partial charge in [0.2, 0.25) is 0 Å². The minimum Gasteiger partial charge on any atom is -0.280 e. The Morgan fingerprint density at radius 3 is 1.76 bits per heavy atom. The summed E-state index contributed by atoms with van der Waals surface area (Å²) in [6.07, 6.45) is -10.4. The molecule has 0 aliphatic heterocycles. The molecular formula is C14H8F7NO2S. The van der Waals surface area contributed by atoms with Gasteiger partial charge in [0.05, 0.1) is 21.7 Å². The lowest BCUT2D eigenvalue weighted by molar-refractivity contribution is -0.143. The van der Waals surface area contributed by atoms with E-state index in [1.54, 1.807) is 4.72 Å². The van der Waals surface area contributed by atoms with Gasteiger partial charge in [-0.1, -0.05) is 6.07 Å². The van der Waals surface area contributed by atoms with Crippen LogP contribution in [0.3, 0.4) is 0 Å². The van der Waals surface area contributed by atoms with E-state index >= 15 is 0 Å². The summed E-state index contributed by atoms with van der Waals surface area (Å²) in [4.78, 5) is -1.25. The van der Waals surface area contributed by atoms with Crippen molar-refractivity contribution in [1.29, 1.82) is 0 Å². The lowest BCUT2D eigenvalue weighted by atomic mass is 10.1. The van der Waals surface area contributed by atoms with Gasteiger partial charge in [-0.3, -0.25) is 4.72 Å². The Bertz CT molecular complexity index is 857. The van der Waals surface area contributed by atoms with Crippen LogP contribution in [0.15, 0.2) is 47.4 Å². The van der Waals surface area contributed by atoms with Crippen LogP contribution in [-0.2, 0) is 22.4 Å². The second-order valence-corrected chi connectivity index (χ2v) is 6.54. The van der Waals surface area contributed by atoms with Gasteiger partial charge in [-0.2, -0.15) is 26.3 Å². The van der Waals surface area contributed by atoms with E-state index in [9.17, 15) is 39.2 Å². The molecule has 0 fully saturated rings. The van der Waals surface area contributed by atoms with Gasteiger partial charge in [-0.15, -0.1) is 0 Å². The summed E-state index contributed by atoms with van der Waals surface area (Å²) in [5.41, 5.74) is -3.91. The molecule has 3 nitrogen and oxygen atoms in total. The number of rotatable bonds is 3. The van der Waals surface area contributed by atoms with E-state index in [2.05, 4.69) is 0 Å². The number of nitrogens with one attached hydrogen (secondary N) is 1. The number of hydrogen-bond acceptors (Lipinski definition) is 2. The van der Waals surface area contributed by atoms with Gasteiger partial charge in [0.15, 0.2) is 0 Å². The van der Waals surface area contributed by atoms with Gasteiger partial charge in [0.25, 0.3) is 10.0 Å². The maximum atomic E-state index is 13.1. The topological polar surface area (TPSA) is 46.2 Å². The van der Waals surface area contributed by atoms with Gasteiger partial charge in [0, 0.05) is 0 Å². The third-order valence-electron chi connectivity index (χ3n) is 2.95. The Kier molecular flexibility index (Phi) is 4.73. The molecule has 0 saturated heterocycles. The highest BCUT2D eigenvalue weighted by Gasteiger charge is 2.38. The molecule has 0 aromatic heterocycles. The van der Waals surface area contributed by atoms with Crippen LogP contribution in [0.4, 0.5) is 36.4 Å². The summed E-state index contributed by atoms with van der Waals surface area (Å²) in [7, 11) is -4.81. The Balaban J connectivity index is 2.56. The van der Waals surface area contributed by atoms with Crippen molar-refractivity contribution in [3.63, 3.8) is 0 Å². The van der Waals surface area contributed by atoms with Gasteiger partial charge in [-0.25, -0.2) is 12.8 Å². The summed E-state index contributed by atoms with van der Waals surface area (Å²) in [6.45, 7) is 0. The van der Waals surface area contributed by atoms with Crippen LogP contribution in [0.1, 0.15) is 11.1 Å². The zero-order chi connectivity index (χ0) is 19.0. The van der Waals surface area contributed by atoms with Crippen LogP contribution in [0.2, 0.25) is 0 Å². The second-order valence-electron chi connectivity index (χ2n) is 4.86. The third-order valence-corrected chi connectivity index (χ3v) is 4.31. The average molecular weight is 387 g/mol. The average Bonchev–Trinajstić information content (AvgIpc) is 2.44. The number of hydrogen-bond donors (Lipinski definition) is 1. The second kappa shape index (κ2) is 6.21. The van der Waals surface area contributed by atoms with Gasteiger partial charge in [-0.05, 0) is 36.4 Å². The fraction of sp³-hybridized carbons (Fsp3) is 0.143. The molecule has 0 radical (unpaired) electrons. The molecule has 136 valence electrons. The first kappa shape index (κ1) is 19.0. The van der Waals surface area contributed by atoms with Crippen molar-refractivity contribution in [3.05, 3.63) is 59.4 Å². The maximum absolute atomic E-state index is 13.1. The van der Waals surface area contributed by atoms with E-state index in [0.717, 1.165) is 24.3 Å². The first-order valence-corrected chi connectivity index (χ1v) is 7.85. The van der Waals surface area contributed by atoms with E-state index in [4.69, 9.17) is 0 Å². The fourth-order valence-corrected chi connectivity index (χ4v) is 2.97. The fourth-order valence-electron chi connectivity index (χ4n) is 1.85. The number of halogens is 7. The number of alkyl halides is 6. The summed E-state index contributed by atoms with van der Waals surface area (Å²) >= 11 is 0. The van der Waals surface area contributed by atoms with Crippen molar-refractivity contribution in [2.45, 2.75) is 17.2 Å². The highest BCUT2D eigenvalue weighted by Crippen LogP contribution is 2.37. The quantitative estimate of drug-likeness (QED) is 0.779. The van der Waals surface area contributed by atoms with Crippen molar-refractivity contribution in [3.8, 4) is 0 Å². The normalized spacial score (nSPS) is 12.9. The van der Waals surface area contributed by atoms with Crippen LogP contribution in [0, 0.1) is 5.82 Å². The Hall–Kier alpha value is -2.30. The van der Waals surface area contributed by atoms with Crippen LogP contribution in [-0.4, -0.2) is 8.42 Å². The lowest BCUT2D eigenvalue weighted by Crippen LogP contribution is -2.17. The first-order chi connectivity index (χ1) is 11.3. The van der Waals surface area contributed by atoms with Gasteiger partial charge < -0.3 is 0 Å². The molecule has 0 aliphatic rings. The minimum atomic E-state index is -5.19. The SMILES string of the molecule is O=S(=O)(Nc1cccc(F)c1)c1cc(C(F)(F)F)cc(C(F)(F)F)c1. The molecule has 0 unspecified atom stereocenters. The molecule has 0 amide bonds. The summed E-state index contributed by atoms with van der Waals surface area (Å²) in [5.74, 6) is -0.847. The van der Waals surface area contributed by atoms with E-state index < -0.39 is 44.2 Å². The highest BCUT2D eigenvalue weighted by molar-refractivity contribution is 7.92. The molecule has 0 atom stereocenters. The molecular weight excluding hydrogens is 379 g/mol. The molecule has 0 heterocycles. The van der Waals surface area contributed by atoms with Crippen molar-refractivity contribution < 1.29 is 39.2 Å². The molecule has 11 heteroatoms. The zero-order valence-corrected chi connectivity index (χ0v) is 12.7. The van der Waals surface area contributed by atoms with E-state index in [0.29, 0.717) is 0 Å². The third kappa shape index (κ3) is 4.62. The van der Waals surface area contributed by atoms with E-state index in [-0.39, 0.29) is 23.9 Å². The molecule has 2 rings (SSSR count). The molecule has 0 spiro atoms. The number of sulfonamides is 1. The van der Waals surface area contributed by atoms with Crippen molar-refractivity contribution in [2.24, 2.45) is 0 Å². The van der Waals surface area contributed by atoms with Crippen LogP contribution in [0.25, 0.3) is 0 Å². The Morgan fingerprint density at radius 2 is 1.32 bits per heavy atom. The zero-order valence-electron chi connectivity index (χ0n) is 11.9. The monoisotopic (exact) mass is 387 g/mol. The Labute approximate surface area is 137 Å². The highest BCUT2D eigenvalue weighted by atomic mass is 32.2. The van der Waals surface area contributed by atoms with Crippen molar-refractivity contribution >= 4 is 15.7 Å². The van der Waals surface area contributed by atoms with E-state index in [1.807, 2.05) is 0 Å². The van der Waals surface area contributed by atoms with Gasteiger partial charge >= 0.3 is 12.4 Å². The standard InChI is InChI=1S/C14H8F7NO2S/c15-10-2-1-3-11(7-10)22-25(23,24)12-5-8(13(16,17)18)4-9(6-12)14(19,20)21/h1-7,22H. The first-order valence-electron chi connectivity index (χ1n) is 6.37.